The van der Waals surface area contributed by atoms with E-state index in [1.807, 2.05) is 0 Å². The van der Waals surface area contributed by atoms with Crippen molar-refractivity contribution in [3.05, 3.63) is 0 Å². The fourth-order valence-electron chi connectivity index (χ4n) is 2.59. The zero-order chi connectivity index (χ0) is 7.84. The number of rotatable bonds is 0. The normalized spacial score (nSPS) is 46.7. The van der Waals surface area contributed by atoms with Gasteiger partial charge in [0.25, 0.3) is 0 Å². The summed E-state index contributed by atoms with van der Waals surface area (Å²) in [5, 5.41) is 17.4. The largest absolute Gasteiger partial charge is 0.198 e. The van der Waals surface area contributed by atoms with Crippen LogP contribution in [0.2, 0.25) is 0 Å². The van der Waals surface area contributed by atoms with Crippen molar-refractivity contribution >= 4 is 0 Å². The molecule has 0 aromatic heterocycles. The fraction of sp³-hybridized carbons (Fsp3) is 0.778. The molecule has 0 spiro atoms. The maximum atomic E-state index is 8.71. The van der Waals surface area contributed by atoms with Gasteiger partial charge in [-0.15, -0.1) is 0 Å². The highest BCUT2D eigenvalue weighted by Gasteiger charge is 2.45. The van der Waals surface area contributed by atoms with E-state index in [-0.39, 0.29) is 11.8 Å². The van der Waals surface area contributed by atoms with Gasteiger partial charge in [-0.25, -0.2) is 0 Å². The average molecular weight is 146 g/mol. The van der Waals surface area contributed by atoms with Crippen LogP contribution in [0.1, 0.15) is 19.3 Å². The van der Waals surface area contributed by atoms with Crippen molar-refractivity contribution in [1.29, 1.82) is 10.5 Å². The second-order valence-electron chi connectivity index (χ2n) is 3.70. The third-order valence-electron chi connectivity index (χ3n) is 3.19. The molecule has 2 heteroatoms. The highest BCUT2D eigenvalue weighted by atomic mass is 14.5. The molecule has 2 fully saturated rings. The molecule has 0 saturated heterocycles. The third-order valence-corrected chi connectivity index (χ3v) is 3.19. The lowest BCUT2D eigenvalue weighted by Gasteiger charge is -2.17. The first-order valence-corrected chi connectivity index (χ1v) is 4.14. The molecule has 0 aromatic rings. The average Bonchev–Trinajstić information content (AvgIpc) is 2.60. The lowest BCUT2D eigenvalue weighted by molar-refractivity contribution is 0.347. The van der Waals surface area contributed by atoms with Crippen LogP contribution in [-0.2, 0) is 0 Å². The molecule has 0 amide bonds. The van der Waals surface area contributed by atoms with E-state index in [4.69, 9.17) is 10.5 Å². The summed E-state index contributed by atoms with van der Waals surface area (Å²) in [7, 11) is 0. The molecule has 0 N–H and O–H groups in total. The molecule has 2 aliphatic carbocycles. The summed E-state index contributed by atoms with van der Waals surface area (Å²) >= 11 is 0. The third kappa shape index (κ3) is 0.828. The van der Waals surface area contributed by atoms with Crippen molar-refractivity contribution in [3.63, 3.8) is 0 Å². The molecule has 2 nitrogen and oxygen atoms in total. The van der Waals surface area contributed by atoms with Crippen molar-refractivity contribution in [2.24, 2.45) is 23.7 Å². The number of hydrogen-bond acceptors (Lipinski definition) is 2. The molecule has 56 valence electrons. The minimum absolute atomic E-state index is 0.268. The Morgan fingerprint density at radius 3 is 1.55 bits per heavy atom. The number of nitrogens with zero attached hydrogens (tertiary/aromatic N) is 2. The summed E-state index contributed by atoms with van der Waals surface area (Å²) in [6.45, 7) is 0. The Morgan fingerprint density at radius 1 is 0.818 bits per heavy atom. The summed E-state index contributed by atoms with van der Waals surface area (Å²) in [5.74, 6) is 1.64. The van der Waals surface area contributed by atoms with Crippen molar-refractivity contribution < 1.29 is 0 Å². The second-order valence-corrected chi connectivity index (χ2v) is 3.70. The quantitative estimate of drug-likeness (QED) is 0.522. The lowest BCUT2D eigenvalue weighted by atomic mass is 9.84. The fourth-order valence-corrected chi connectivity index (χ4v) is 2.59. The molecule has 0 aromatic carbocycles. The number of nitriles is 2. The maximum Gasteiger partial charge on any atom is 0.0658 e. The minimum atomic E-state index is 0.268. The van der Waals surface area contributed by atoms with Gasteiger partial charge in [-0.05, 0) is 31.1 Å². The van der Waals surface area contributed by atoms with E-state index in [1.165, 1.54) is 0 Å². The van der Waals surface area contributed by atoms with Crippen LogP contribution in [0.25, 0.3) is 0 Å². The molecule has 0 heterocycles. The van der Waals surface area contributed by atoms with Gasteiger partial charge in [0.05, 0.1) is 12.1 Å². The molecule has 2 saturated carbocycles. The predicted octanol–water partition coefficient (Wildman–Crippen LogP) is 1.70. The lowest BCUT2D eigenvalue weighted by Crippen LogP contribution is -2.14. The van der Waals surface area contributed by atoms with Gasteiger partial charge < -0.3 is 0 Å². The van der Waals surface area contributed by atoms with Gasteiger partial charge in [0.15, 0.2) is 0 Å². The number of hydrogen-bond donors (Lipinski definition) is 0. The van der Waals surface area contributed by atoms with Gasteiger partial charge in [0, 0.05) is 11.8 Å². The van der Waals surface area contributed by atoms with Crippen LogP contribution in [0.3, 0.4) is 0 Å². The summed E-state index contributed by atoms with van der Waals surface area (Å²) < 4.78 is 0. The van der Waals surface area contributed by atoms with E-state index in [9.17, 15) is 0 Å². The van der Waals surface area contributed by atoms with E-state index in [0.29, 0.717) is 11.8 Å². The summed E-state index contributed by atoms with van der Waals surface area (Å²) in [4.78, 5) is 0. The van der Waals surface area contributed by atoms with Crippen molar-refractivity contribution in [2.45, 2.75) is 19.3 Å². The zero-order valence-electron chi connectivity index (χ0n) is 6.33. The molecule has 0 radical (unpaired) electrons. The van der Waals surface area contributed by atoms with Crippen LogP contribution < -0.4 is 0 Å². The van der Waals surface area contributed by atoms with Crippen LogP contribution >= 0.6 is 0 Å². The molecular weight excluding hydrogens is 136 g/mol. The van der Waals surface area contributed by atoms with Gasteiger partial charge in [0.2, 0.25) is 0 Å². The summed E-state index contributed by atoms with van der Waals surface area (Å²) in [6, 6.07) is 4.66. The van der Waals surface area contributed by atoms with E-state index >= 15 is 0 Å². The van der Waals surface area contributed by atoms with E-state index in [2.05, 4.69) is 12.1 Å². The van der Waals surface area contributed by atoms with Crippen LogP contribution in [0.5, 0.6) is 0 Å². The first kappa shape index (κ1) is 6.68. The molecule has 4 atom stereocenters. The number of fused-ring (bicyclic) bond motifs is 2. The van der Waals surface area contributed by atoms with Crippen molar-refractivity contribution in [2.75, 3.05) is 0 Å². The summed E-state index contributed by atoms with van der Waals surface area (Å²) in [5.41, 5.74) is 0. The van der Waals surface area contributed by atoms with E-state index in [1.54, 1.807) is 0 Å². The highest BCUT2D eigenvalue weighted by Crippen LogP contribution is 2.51. The first-order chi connectivity index (χ1) is 5.35. The molecule has 2 unspecified atom stereocenters. The Balaban J connectivity index is 2.11. The van der Waals surface area contributed by atoms with Crippen LogP contribution in [0, 0.1) is 46.3 Å². The molecule has 0 aliphatic heterocycles. The minimum Gasteiger partial charge on any atom is -0.198 e. The highest BCUT2D eigenvalue weighted by molar-refractivity contribution is 5.07. The van der Waals surface area contributed by atoms with Gasteiger partial charge in [-0.2, -0.15) is 10.5 Å². The molecule has 11 heavy (non-hydrogen) atoms. The van der Waals surface area contributed by atoms with Gasteiger partial charge in [0.1, 0.15) is 0 Å². The second kappa shape index (κ2) is 2.24. The van der Waals surface area contributed by atoms with Gasteiger partial charge in [-0.3, -0.25) is 0 Å². The van der Waals surface area contributed by atoms with Crippen LogP contribution in [0.4, 0.5) is 0 Å². The topological polar surface area (TPSA) is 47.6 Å². The first-order valence-electron chi connectivity index (χ1n) is 4.14. The predicted molar refractivity (Wildman–Crippen MR) is 39.0 cm³/mol. The Bertz CT molecular complexity index is 219. The Morgan fingerprint density at radius 2 is 1.27 bits per heavy atom. The smallest absolute Gasteiger partial charge is 0.0658 e. The standard InChI is InChI=1S/C9H10N2/c10-4-8-2-6-1-7(8)3-9(6)5-11/h6-9H,1-3H2/t6-,7-,8?,9?/m0/s1. The molecule has 2 bridgehead atoms. The van der Waals surface area contributed by atoms with Crippen molar-refractivity contribution in [3.8, 4) is 12.1 Å². The SMILES string of the molecule is N#CC1C[C@@H]2C[C@H]1CC2C#N. The molecule has 2 aliphatic rings. The monoisotopic (exact) mass is 146 g/mol. The van der Waals surface area contributed by atoms with Crippen LogP contribution in [-0.4, -0.2) is 0 Å². The van der Waals surface area contributed by atoms with E-state index < -0.39 is 0 Å². The van der Waals surface area contributed by atoms with Crippen LogP contribution in [0.15, 0.2) is 0 Å². The van der Waals surface area contributed by atoms with Gasteiger partial charge in [-0.1, -0.05) is 0 Å². The Hall–Kier alpha value is -1.02. The maximum absolute atomic E-state index is 8.71. The zero-order valence-corrected chi connectivity index (χ0v) is 6.33. The Labute approximate surface area is 66.4 Å². The van der Waals surface area contributed by atoms with Crippen molar-refractivity contribution in [1.82, 2.24) is 0 Å². The van der Waals surface area contributed by atoms with Gasteiger partial charge >= 0.3 is 0 Å². The molecule has 2 rings (SSSR count). The molecular formula is C9H10N2. The van der Waals surface area contributed by atoms with E-state index in [0.717, 1.165) is 19.3 Å². The Kier molecular flexibility index (Phi) is 1.36. The summed E-state index contributed by atoms with van der Waals surface area (Å²) in [6.07, 6.45) is 3.11.